The molecular formula is C3H11NSiTe. The second-order valence-electron chi connectivity index (χ2n) is 0.622. The van der Waals surface area contributed by atoms with Crippen LogP contribution in [0.4, 0.5) is 0 Å². The zero-order valence-electron chi connectivity index (χ0n) is 2.98. The van der Waals surface area contributed by atoms with Crippen molar-refractivity contribution in [2.75, 3.05) is 0 Å². The smallest absolute Gasteiger partial charge is 0.0149 e. The minimum atomic E-state index is -0.145. The van der Waals surface area contributed by atoms with Crippen molar-refractivity contribution in [3.63, 3.8) is 0 Å². The molecule has 0 aromatic rings. The molecule has 3 heteroatoms. The topological polar surface area (TPSA) is 26.0 Å². The molecule has 0 unspecified atom stereocenters. The van der Waals surface area contributed by atoms with Gasteiger partial charge in [0, 0.05) is 0 Å². The predicted octanol–water partition coefficient (Wildman–Crippen LogP) is -1.28. The van der Waals surface area contributed by atoms with Gasteiger partial charge < -0.3 is 0 Å². The van der Waals surface area contributed by atoms with Crippen molar-refractivity contribution >= 4 is 32.2 Å². The van der Waals surface area contributed by atoms with Crippen LogP contribution in [0.1, 0.15) is 0 Å². The number of allylic oxidation sites excluding steroid dienone is 1. The van der Waals surface area contributed by atoms with E-state index in [2.05, 4.69) is 6.58 Å². The first-order chi connectivity index (χ1) is 2.41. The van der Waals surface area contributed by atoms with Crippen molar-refractivity contribution in [2.24, 2.45) is 3.98 Å². The van der Waals surface area contributed by atoms with Gasteiger partial charge in [0.25, 0.3) is 0 Å². The van der Waals surface area contributed by atoms with Crippen LogP contribution >= 0.6 is 0 Å². The van der Waals surface area contributed by atoms with Gasteiger partial charge in [-0.1, -0.05) is 0 Å². The van der Waals surface area contributed by atoms with Crippen LogP contribution in [0.25, 0.3) is 0 Å². The molecule has 0 aliphatic carbocycles. The summed E-state index contributed by atoms with van der Waals surface area (Å²) in [7, 11) is 0. The molecule has 0 rings (SSSR count). The van der Waals surface area contributed by atoms with E-state index in [0.29, 0.717) is 0 Å². The number of nitrogens with two attached hydrogens (primary N) is 1. The van der Waals surface area contributed by atoms with Gasteiger partial charge in [0.15, 0.2) is 0 Å². The molecule has 0 aromatic heterocycles. The van der Waals surface area contributed by atoms with E-state index < -0.39 is 0 Å². The van der Waals surface area contributed by atoms with Crippen LogP contribution in [-0.2, 0) is 0 Å². The fourth-order valence-electron chi connectivity index (χ4n) is 0.0680. The van der Waals surface area contributed by atoms with E-state index in [1.807, 2.05) is 6.08 Å². The summed E-state index contributed by atoms with van der Waals surface area (Å²) >= 11 is -0.145. The summed E-state index contributed by atoms with van der Waals surface area (Å²) in [4.78, 5) is 0. The van der Waals surface area contributed by atoms with Crippen LogP contribution in [0.2, 0.25) is 4.47 Å². The maximum atomic E-state index is 5.20. The van der Waals surface area contributed by atoms with Gasteiger partial charge in [0.05, 0.1) is 0 Å². The van der Waals surface area contributed by atoms with Crippen LogP contribution in [0.5, 0.6) is 0 Å². The Morgan fingerprint density at radius 2 is 2.33 bits per heavy atom. The molecule has 0 heterocycles. The van der Waals surface area contributed by atoms with Gasteiger partial charge in [0.1, 0.15) is 0 Å². The molecule has 6 heavy (non-hydrogen) atoms. The first-order valence-corrected chi connectivity index (χ1v) is 4.33. The van der Waals surface area contributed by atoms with Crippen LogP contribution in [0.15, 0.2) is 12.7 Å². The minimum absolute atomic E-state index is 0. The summed E-state index contributed by atoms with van der Waals surface area (Å²) in [5.41, 5.74) is 0. The van der Waals surface area contributed by atoms with Crippen molar-refractivity contribution < 1.29 is 0 Å². The quantitative estimate of drug-likeness (QED) is 0.452. The molecule has 0 aromatic carbocycles. The van der Waals surface area contributed by atoms with E-state index in [9.17, 15) is 0 Å². The minimum Gasteiger partial charge on any atom is -0.0149 e. The van der Waals surface area contributed by atoms with E-state index in [4.69, 9.17) is 3.98 Å². The molecule has 0 aliphatic heterocycles. The second kappa shape index (κ2) is 9.20. The SMILES string of the molecule is C=CC[Te]N.[SiH4]. The van der Waals surface area contributed by atoms with E-state index in [1.165, 1.54) is 0 Å². The maximum absolute atomic E-state index is 5.20. The van der Waals surface area contributed by atoms with Crippen LogP contribution in [0.3, 0.4) is 0 Å². The normalized spacial score (nSPS) is 6.17. The molecule has 1 nitrogen and oxygen atoms in total. The fraction of sp³-hybridized carbons (Fsp3) is 0.333. The molecule has 38 valence electrons. The van der Waals surface area contributed by atoms with Crippen LogP contribution in [0, 0.1) is 0 Å². The van der Waals surface area contributed by atoms with Gasteiger partial charge in [-0.15, -0.1) is 0 Å². The van der Waals surface area contributed by atoms with E-state index in [0.717, 1.165) is 4.47 Å². The largest absolute Gasteiger partial charge is 0.0149 e. The summed E-state index contributed by atoms with van der Waals surface area (Å²) in [6.07, 6.45) is 1.86. The number of rotatable bonds is 2. The van der Waals surface area contributed by atoms with Crippen molar-refractivity contribution in [3.05, 3.63) is 12.7 Å². The zero-order chi connectivity index (χ0) is 4.12. The van der Waals surface area contributed by atoms with Gasteiger partial charge in [0.2, 0.25) is 0 Å². The van der Waals surface area contributed by atoms with Gasteiger partial charge in [-0.3, -0.25) is 0 Å². The van der Waals surface area contributed by atoms with Gasteiger partial charge >= 0.3 is 42.3 Å². The number of hydrogen-bond acceptors (Lipinski definition) is 1. The third-order valence-corrected chi connectivity index (χ3v) is 1.44. The summed E-state index contributed by atoms with van der Waals surface area (Å²) < 4.78 is 6.26. The van der Waals surface area contributed by atoms with Gasteiger partial charge in [-0.05, 0) is 11.0 Å². The van der Waals surface area contributed by atoms with Gasteiger partial charge in [-0.2, -0.15) is 0 Å². The summed E-state index contributed by atoms with van der Waals surface area (Å²) in [5.74, 6) is 0. The average molecular weight is 217 g/mol. The first-order valence-electron chi connectivity index (χ1n) is 1.34. The molecule has 2 N–H and O–H groups in total. The van der Waals surface area contributed by atoms with Crippen molar-refractivity contribution in [3.8, 4) is 0 Å². The molecule has 0 fully saturated rings. The summed E-state index contributed by atoms with van der Waals surface area (Å²) in [5, 5.41) is 0. The molecule has 0 atom stereocenters. The maximum Gasteiger partial charge on any atom is -0.0149 e. The Labute approximate surface area is 53.4 Å². The Hall–Kier alpha value is 0.706. The van der Waals surface area contributed by atoms with Crippen molar-refractivity contribution in [1.29, 1.82) is 0 Å². The third-order valence-electron chi connectivity index (χ3n) is 0.214. The predicted molar refractivity (Wildman–Crippen MR) is 36.3 cm³/mol. The standard InChI is InChI=1S/C3H7NTe.H4Si/c1-2-3-5-4;/h2H,1,3-4H2;1H4. The average Bonchev–Trinajstić information content (AvgIpc) is 1.41. The van der Waals surface area contributed by atoms with Crippen LogP contribution in [-0.4, -0.2) is 32.2 Å². The molecule has 0 radical (unpaired) electrons. The Kier molecular flexibility index (Phi) is 15.1. The van der Waals surface area contributed by atoms with Crippen molar-refractivity contribution in [2.45, 2.75) is 4.47 Å². The second-order valence-corrected chi connectivity index (χ2v) is 2.52. The molecule has 0 aliphatic rings. The number of hydrogen-bond donors (Lipinski definition) is 1. The Morgan fingerprint density at radius 1 is 1.83 bits per heavy atom. The molecular weight excluding hydrogens is 206 g/mol. The monoisotopic (exact) mass is 219 g/mol. The molecule has 0 spiro atoms. The Morgan fingerprint density at radius 3 is 2.33 bits per heavy atom. The van der Waals surface area contributed by atoms with Crippen LogP contribution < -0.4 is 3.98 Å². The first kappa shape index (κ1) is 9.86. The van der Waals surface area contributed by atoms with E-state index in [-0.39, 0.29) is 32.2 Å². The fourth-order valence-corrected chi connectivity index (χ4v) is 0.456. The third kappa shape index (κ3) is 8.83. The molecule has 0 amide bonds. The van der Waals surface area contributed by atoms with Gasteiger partial charge in [-0.25, -0.2) is 0 Å². The Balaban J connectivity index is 0. The van der Waals surface area contributed by atoms with E-state index in [1.54, 1.807) is 0 Å². The molecule has 0 saturated carbocycles. The molecule has 0 bridgehead atoms. The van der Waals surface area contributed by atoms with Crippen molar-refractivity contribution in [1.82, 2.24) is 0 Å². The molecule has 0 saturated heterocycles. The summed E-state index contributed by atoms with van der Waals surface area (Å²) in [6, 6.07) is 0. The zero-order valence-corrected chi connectivity index (χ0v) is 5.31. The Bertz CT molecular complexity index is 32.0. The summed E-state index contributed by atoms with van der Waals surface area (Å²) in [6.45, 7) is 3.50. The van der Waals surface area contributed by atoms with E-state index >= 15 is 0 Å².